The van der Waals surface area contributed by atoms with Crippen molar-refractivity contribution in [1.29, 1.82) is 0 Å². The van der Waals surface area contributed by atoms with Gasteiger partial charge in [-0.1, -0.05) is 6.92 Å². The fourth-order valence-corrected chi connectivity index (χ4v) is 3.00. The summed E-state index contributed by atoms with van der Waals surface area (Å²) in [6.07, 6.45) is 2.54. The first-order valence-corrected chi connectivity index (χ1v) is 8.72. The highest BCUT2D eigenvalue weighted by molar-refractivity contribution is 5.93. The van der Waals surface area contributed by atoms with Crippen molar-refractivity contribution in [2.75, 3.05) is 27.9 Å². The lowest BCUT2D eigenvalue weighted by Gasteiger charge is -2.14. The number of H-pyrrole nitrogens is 1. The van der Waals surface area contributed by atoms with Crippen LogP contribution < -0.4 is 24.4 Å². The summed E-state index contributed by atoms with van der Waals surface area (Å²) < 4.78 is 21.9. The number of nitrogens with one attached hydrogen (secondary N) is 1. The van der Waals surface area contributed by atoms with Crippen LogP contribution in [0.15, 0.2) is 41.3 Å². The molecule has 0 fully saturated rings. The fraction of sp³-hybridized carbons (Fsp3) is 0.286. The van der Waals surface area contributed by atoms with Crippen LogP contribution in [0.25, 0.3) is 22.0 Å². The fourth-order valence-electron chi connectivity index (χ4n) is 3.00. The number of aromatic nitrogens is 1. The highest BCUT2D eigenvalue weighted by Gasteiger charge is 2.18. The SMILES string of the molecule is CCCOc1ccc(OC)c2c(=O)c(-c3cc(OC)ccc3OC)c[nH]c12. The van der Waals surface area contributed by atoms with E-state index in [1.807, 2.05) is 6.92 Å². The molecule has 0 aliphatic heterocycles. The molecule has 0 bridgehead atoms. The normalized spacial score (nSPS) is 10.7. The number of fused-ring (bicyclic) bond motifs is 1. The molecule has 0 spiro atoms. The second-order valence-corrected chi connectivity index (χ2v) is 5.96. The molecule has 0 amide bonds. The molecule has 0 aliphatic rings. The molecule has 142 valence electrons. The Labute approximate surface area is 157 Å². The lowest BCUT2D eigenvalue weighted by Crippen LogP contribution is -2.10. The molecule has 0 saturated carbocycles. The van der Waals surface area contributed by atoms with Crippen LogP contribution in [0.2, 0.25) is 0 Å². The molecule has 0 radical (unpaired) electrons. The number of hydrogen-bond acceptors (Lipinski definition) is 5. The first kappa shape index (κ1) is 18.6. The monoisotopic (exact) mass is 369 g/mol. The molecule has 3 rings (SSSR count). The number of benzene rings is 2. The molecule has 1 N–H and O–H groups in total. The summed E-state index contributed by atoms with van der Waals surface area (Å²) in [4.78, 5) is 16.5. The van der Waals surface area contributed by atoms with Crippen molar-refractivity contribution in [2.24, 2.45) is 0 Å². The molecule has 6 nitrogen and oxygen atoms in total. The smallest absolute Gasteiger partial charge is 0.201 e. The number of rotatable bonds is 7. The van der Waals surface area contributed by atoms with E-state index in [1.54, 1.807) is 57.9 Å². The summed E-state index contributed by atoms with van der Waals surface area (Å²) in [5.74, 6) is 2.32. The minimum absolute atomic E-state index is 0.172. The van der Waals surface area contributed by atoms with Crippen LogP contribution in [0.5, 0.6) is 23.0 Å². The maximum atomic E-state index is 13.4. The van der Waals surface area contributed by atoms with E-state index < -0.39 is 0 Å². The average molecular weight is 369 g/mol. The molecule has 0 saturated heterocycles. The second-order valence-electron chi connectivity index (χ2n) is 5.96. The zero-order valence-corrected chi connectivity index (χ0v) is 15.9. The van der Waals surface area contributed by atoms with E-state index in [0.717, 1.165) is 6.42 Å². The molecule has 1 aromatic heterocycles. The topological polar surface area (TPSA) is 69.8 Å². The largest absolute Gasteiger partial charge is 0.497 e. The van der Waals surface area contributed by atoms with E-state index in [4.69, 9.17) is 18.9 Å². The van der Waals surface area contributed by atoms with Gasteiger partial charge in [0, 0.05) is 17.3 Å². The quantitative estimate of drug-likeness (QED) is 0.681. The summed E-state index contributed by atoms with van der Waals surface area (Å²) in [6.45, 7) is 2.59. The zero-order chi connectivity index (χ0) is 19.4. The summed E-state index contributed by atoms with van der Waals surface area (Å²) >= 11 is 0. The van der Waals surface area contributed by atoms with Gasteiger partial charge in [-0.25, -0.2) is 0 Å². The molecule has 0 aliphatic carbocycles. The minimum atomic E-state index is -0.172. The van der Waals surface area contributed by atoms with Crippen LogP contribution in [-0.2, 0) is 0 Å². The molecular weight excluding hydrogens is 346 g/mol. The van der Waals surface area contributed by atoms with Gasteiger partial charge in [0.1, 0.15) is 23.0 Å². The van der Waals surface area contributed by atoms with Gasteiger partial charge in [0.15, 0.2) is 0 Å². The standard InChI is InChI=1S/C21H23NO5/c1-5-10-27-18-9-8-17(26-4)19-20(18)22-12-15(21(19)23)14-11-13(24-2)6-7-16(14)25-3/h6-9,11-12H,5,10H2,1-4H3,(H,22,23). The van der Waals surface area contributed by atoms with E-state index in [-0.39, 0.29) is 5.43 Å². The van der Waals surface area contributed by atoms with Crippen molar-refractivity contribution in [3.8, 4) is 34.1 Å². The van der Waals surface area contributed by atoms with E-state index in [1.165, 1.54) is 0 Å². The van der Waals surface area contributed by atoms with Crippen LogP contribution in [0.4, 0.5) is 0 Å². The van der Waals surface area contributed by atoms with Crippen LogP contribution in [0.3, 0.4) is 0 Å². The molecule has 2 aromatic carbocycles. The molecule has 1 heterocycles. The van der Waals surface area contributed by atoms with E-state index in [9.17, 15) is 4.79 Å². The van der Waals surface area contributed by atoms with Crippen LogP contribution >= 0.6 is 0 Å². The molecular formula is C21H23NO5. The van der Waals surface area contributed by atoms with Crippen molar-refractivity contribution < 1.29 is 18.9 Å². The highest BCUT2D eigenvalue weighted by atomic mass is 16.5. The van der Waals surface area contributed by atoms with Gasteiger partial charge < -0.3 is 23.9 Å². The van der Waals surface area contributed by atoms with Crippen molar-refractivity contribution in [1.82, 2.24) is 4.98 Å². The summed E-state index contributed by atoms with van der Waals surface area (Å²) in [5.41, 5.74) is 1.54. The van der Waals surface area contributed by atoms with Crippen LogP contribution in [0.1, 0.15) is 13.3 Å². The minimum Gasteiger partial charge on any atom is -0.497 e. The highest BCUT2D eigenvalue weighted by Crippen LogP contribution is 2.35. The number of hydrogen-bond donors (Lipinski definition) is 1. The Morgan fingerprint density at radius 2 is 1.59 bits per heavy atom. The lowest BCUT2D eigenvalue weighted by molar-refractivity contribution is 0.320. The Bertz CT molecular complexity index is 1010. The number of pyridine rings is 1. The average Bonchev–Trinajstić information content (AvgIpc) is 2.71. The van der Waals surface area contributed by atoms with Gasteiger partial charge in [0.05, 0.1) is 38.8 Å². The van der Waals surface area contributed by atoms with Gasteiger partial charge in [-0.05, 0) is 36.8 Å². The lowest BCUT2D eigenvalue weighted by atomic mass is 10.0. The predicted molar refractivity (Wildman–Crippen MR) is 105 cm³/mol. The third-order valence-electron chi connectivity index (χ3n) is 4.34. The van der Waals surface area contributed by atoms with Crippen LogP contribution in [-0.4, -0.2) is 32.9 Å². The Morgan fingerprint density at radius 3 is 2.26 bits per heavy atom. The van der Waals surface area contributed by atoms with E-state index >= 15 is 0 Å². The summed E-state index contributed by atoms with van der Waals surface area (Å²) in [6, 6.07) is 8.89. The maximum Gasteiger partial charge on any atom is 0.201 e. The van der Waals surface area contributed by atoms with Crippen molar-refractivity contribution in [3.05, 3.63) is 46.8 Å². The Hall–Kier alpha value is -3.15. The first-order chi connectivity index (χ1) is 13.1. The third kappa shape index (κ3) is 3.43. The van der Waals surface area contributed by atoms with Gasteiger partial charge in [0.2, 0.25) is 5.43 Å². The summed E-state index contributed by atoms with van der Waals surface area (Å²) in [7, 11) is 4.69. The summed E-state index contributed by atoms with van der Waals surface area (Å²) in [5, 5.41) is 0.438. The van der Waals surface area contributed by atoms with E-state index in [0.29, 0.717) is 51.6 Å². The molecule has 0 unspecified atom stereocenters. The van der Waals surface area contributed by atoms with Gasteiger partial charge in [0.25, 0.3) is 0 Å². The third-order valence-corrected chi connectivity index (χ3v) is 4.34. The van der Waals surface area contributed by atoms with Crippen molar-refractivity contribution >= 4 is 10.9 Å². The maximum absolute atomic E-state index is 13.4. The van der Waals surface area contributed by atoms with Gasteiger partial charge in [-0.3, -0.25) is 4.79 Å². The zero-order valence-electron chi connectivity index (χ0n) is 15.9. The Balaban J connectivity index is 2.28. The molecule has 0 atom stereocenters. The first-order valence-electron chi connectivity index (χ1n) is 8.72. The molecule has 3 aromatic rings. The molecule has 6 heteroatoms. The number of ether oxygens (including phenoxy) is 4. The van der Waals surface area contributed by atoms with Gasteiger partial charge >= 0.3 is 0 Å². The second kappa shape index (κ2) is 8.03. The Kier molecular flexibility index (Phi) is 5.54. The molecule has 27 heavy (non-hydrogen) atoms. The van der Waals surface area contributed by atoms with Crippen molar-refractivity contribution in [3.63, 3.8) is 0 Å². The predicted octanol–water partition coefficient (Wildman–Crippen LogP) is 4.01. The number of aromatic amines is 1. The van der Waals surface area contributed by atoms with E-state index in [2.05, 4.69) is 4.98 Å². The Morgan fingerprint density at radius 1 is 0.889 bits per heavy atom. The van der Waals surface area contributed by atoms with Gasteiger partial charge in [-0.15, -0.1) is 0 Å². The van der Waals surface area contributed by atoms with Crippen LogP contribution in [0, 0.1) is 0 Å². The van der Waals surface area contributed by atoms with Crippen molar-refractivity contribution in [2.45, 2.75) is 13.3 Å². The number of methoxy groups -OCH3 is 3. The van der Waals surface area contributed by atoms with Gasteiger partial charge in [-0.2, -0.15) is 0 Å².